The lowest BCUT2D eigenvalue weighted by atomic mass is 10.3. The van der Waals surface area contributed by atoms with E-state index in [1.54, 1.807) is 6.39 Å². The number of oxazole rings is 1. The summed E-state index contributed by atoms with van der Waals surface area (Å²) in [5.74, 6) is 0. The van der Waals surface area contributed by atoms with Gasteiger partial charge in [0.2, 0.25) is 11.3 Å². The van der Waals surface area contributed by atoms with Gasteiger partial charge in [0.1, 0.15) is 0 Å². The van der Waals surface area contributed by atoms with Gasteiger partial charge in [0, 0.05) is 23.2 Å². The summed E-state index contributed by atoms with van der Waals surface area (Å²) in [6, 6.07) is 15.6. The molecular formula is C13H9ClNO+. The molecule has 3 rings (SSSR count). The van der Waals surface area contributed by atoms with E-state index < -0.39 is 0 Å². The molecule has 0 saturated carbocycles. The van der Waals surface area contributed by atoms with Crippen LogP contribution in [0.4, 0.5) is 0 Å². The average molecular weight is 231 g/mol. The third-order valence-electron chi connectivity index (χ3n) is 2.51. The normalized spacial score (nSPS) is 10.8. The molecule has 1 heterocycles. The molecule has 0 aliphatic carbocycles. The molecule has 0 aliphatic rings. The van der Waals surface area contributed by atoms with Crippen LogP contribution in [0, 0.1) is 0 Å². The van der Waals surface area contributed by atoms with Gasteiger partial charge in [-0.1, -0.05) is 23.7 Å². The van der Waals surface area contributed by atoms with E-state index in [9.17, 15) is 0 Å². The number of hydrogen-bond donors (Lipinski definition) is 0. The van der Waals surface area contributed by atoms with Gasteiger partial charge in [-0.15, -0.1) is 4.57 Å². The molecule has 1 aromatic heterocycles. The van der Waals surface area contributed by atoms with Gasteiger partial charge in [0.15, 0.2) is 0 Å². The molecule has 0 radical (unpaired) electrons. The molecule has 0 amide bonds. The number of benzene rings is 2. The molecule has 2 aromatic carbocycles. The Morgan fingerprint density at radius 2 is 1.69 bits per heavy atom. The summed E-state index contributed by atoms with van der Waals surface area (Å²) in [6.07, 6.45) is 1.70. The smallest absolute Gasteiger partial charge is 0.341 e. The fourth-order valence-electron chi connectivity index (χ4n) is 1.72. The molecule has 0 saturated heterocycles. The molecule has 0 atom stereocenters. The van der Waals surface area contributed by atoms with Gasteiger partial charge in [-0.25, -0.2) is 0 Å². The summed E-state index contributed by atoms with van der Waals surface area (Å²) in [7, 11) is 0. The van der Waals surface area contributed by atoms with Crippen molar-refractivity contribution in [2.24, 2.45) is 0 Å². The zero-order valence-electron chi connectivity index (χ0n) is 8.43. The first-order chi connectivity index (χ1) is 7.84. The topological polar surface area (TPSA) is 17.0 Å². The van der Waals surface area contributed by atoms with Gasteiger partial charge in [0.25, 0.3) is 5.52 Å². The Labute approximate surface area is 97.7 Å². The zero-order valence-corrected chi connectivity index (χ0v) is 9.19. The molecule has 3 aromatic rings. The number of aromatic nitrogens is 1. The summed E-state index contributed by atoms with van der Waals surface area (Å²) in [4.78, 5) is 0. The summed E-state index contributed by atoms with van der Waals surface area (Å²) in [5.41, 5.74) is 2.96. The fourth-order valence-corrected chi connectivity index (χ4v) is 1.85. The summed E-state index contributed by atoms with van der Waals surface area (Å²) < 4.78 is 7.46. The van der Waals surface area contributed by atoms with Crippen molar-refractivity contribution in [3.63, 3.8) is 0 Å². The van der Waals surface area contributed by atoms with Crippen LogP contribution in [-0.4, -0.2) is 0 Å². The van der Waals surface area contributed by atoms with Crippen LogP contribution in [-0.2, 0) is 0 Å². The fraction of sp³-hybridized carbons (Fsp3) is 0. The van der Waals surface area contributed by atoms with Crippen molar-refractivity contribution < 1.29 is 8.98 Å². The lowest BCUT2D eigenvalue weighted by Gasteiger charge is -1.92. The monoisotopic (exact) mass is 230 g/mol. The van der Waals surface area contributed by atoms with E-state index in [2.05, 4.69) is 0 Å². The molecule has 2 nitrogen and oxygen atoms in total. The van der Waals surface area contributed by atoms with Crippen LogP contribution in [0.2, 0.25) is 5.02 Å². The number of rotatable bonds is 1. The minimum atomic E-state index is 0.733. The van der Waals surface area contributed by atoms with E-state index in [0.29, 0.717) is 0 Å². The molecule has 16 heavy (non-hydrogen) atoms. The van der Waals surface area contributed by atoms with Crippen LogP contribution in [0.1, 0.15) is 0 Å². The van der Waals surface area contributed by atoms with Crippen molar-refractivity contribution in [1.29, 1.82) is 0 Å². The predicted molar refractivity (Wildman–Crippen MR) is 62.8 cm³/mol. The largest absolute Gasteiger partial charge is 0.403 e. The maximum absolute atomic E-state index is 5.86. The van der Waals surface area contributed by atoms with Gasteiger partial charge >= 0.3 is 6.39 Å². The van der Waals surface area contributed by atoms with Crippen molar-refractivity contribution in [2.75, 3.05) is 0 Å². The molecular weight excluding hydrogens is 222 g/mol. The summed E-state index contributed by atoms with van der Waals surface area (Å²) >= 11 is 5.86. The molecule has 78 valence electrons. The Balaban J connectivity index is 2.22. The van der Waals surface area contributed by atoms with Gasteiger partial charge in [0.05, 0.1) is 0 Å². The molecule has 0 bridgehead atoms. The third-order valence-corrected chi connectivity index (χ3v) is 2.77. The van der Waals surface area contributed by atoms with Crippen molar-refractivity contribution in [2.45, 2.75) is 0 Å². The van der Waals surface area contributed by atoms with Crippen LogP contribution >= 0.6 is 11.6 Å². The first-order valence-electron chi connectivity index (χ1n) is 4.98. The van der Waals surface area contributed by atoms with Gasteiger partial charge in [-0.3, -0.25) is 0 Å². The Kier molecular flexibility index (Phi) is 2.15. The van der Waals surface area contributed by atoms with E-state index in [-0.39, 0.29) is 0 Å². The lowest BCUT2D eigenvalue weighted by Crippen LogP contribution is -2.27. The highest BCUT2D eigenvalue weighted by Gasteiger charge is 2.14. The maximum atomic E-state index is 5.86. The predicted octanol–water partition coefficient (Wildman–Crippen LogP) is 3.36. The van der Waals surface area contributed by atoms with Crippen LogP contribution in [0.25, 0.3) is 16.8 Å². The minimum absolute atomic E-state index is 0.733. The van der Waals surface area contributed by atoms with Crippen molar-refractivity contribution in [3.05, 3.63) is 59.9 Å². The van der Waals surface area contributed by atoms with Crippen LogP contribution in [0.15, 0.2) is 59.3 Å². The highest BCUT2D eigenvalue weighted by atomic mass is 35.5. The molecule has 0 N–H and O–H groups in total. The Hall–Kier alpha value is -1.80. The molecule has 0 fully saturated rings. The van der Waals surface area contributed by atoms with Gasteiger partial charge in [-0.2, -0.15) is 0 Å². The third kappa shape index (κ3) is 1.48. The van der Waals surface area contributed by atoms with Crippen molar-refractivity contribution in [1.82, 2.24) is 0 Å². The first kappa shape index (κ1) is 9.43. The first-order valence-corrected chi connectivity index (χ1v) is 5.36. The second-order valence-corrected chi connectivity index (χ2v) is 3.97. The number of para-hydroxylation sites is 2. The van der Waals surface area contributed by atoms with E-state index in [1.807, 2.05) is 53.1 Å². The van der Waals surface area contributed by atoms with E-state index in [4.69, 9.17) is 16.0 Å². The maximum Gasteiger partial charge on any atom is 0.341 e. The van der Waals surface area contributed by atoms with Crippen LogP contribution < -0.4 is 4.57 Å². The molecule has 0 unspecified atom stereocenters. The van der Waals surface area contributed by atoms with Crippen molar-refractivity contribution in [3.8, 4) is 5.69 Å². The van der Waals surface area contributed by atoms with Crippen molar-refractivity contribution >= 4 is 22.7 Å². The standard InChI is InChI=1S/C13H9ClNO/c14-10-5-7-11(8-6-10)15-9-16-13-4-2-1-3-12(13)15/h1-9H/q+1. The lowest BCUT2D eigenvalue weighted by molar-refractivity contribution is -0.573. The molecule has 0 spiro atoms. The minimum Gasteiger partial charge on any atom is -0.403 e. The average Bonchev–Trinajstić information content (AvgIpc) is 2.74. The number of fused-ring (bicyclic) bond motifs is 1. The summed E-state index contributed by atoms with van der Waals surface area (Å²) in [6.45, 7) is 0. The highest BCUT2D eigenvalue weighted by molar-refractivity contribution is 6.30. The zero-order chi connectivity index (χ0) is 11.0. The SMILES string of the molecule is Clc1ccc(-[n+]2coc3ccccc32)cc1. The number of hydrogen-bond acceptors (Lipinski definition) is 1. The second-order valence-electron chi connectivity index (χ2n) is 3.54. The van der Waals surface area contributed by atoms with E-state index in [0.717, 1.165) is 21.8 Å². The van der Waals surface area contributed by atoms with Gasteiger partial charge < -0.3 is 4.42 Å². The molecule has 3 heteroatoms. The highest BCUT2D eigenvalue weighted by Crippen LogP contribution is 2.14. The number of halogens is 1. The van der Waals surface area contributed by atoms with E-state index >= 15 is 0 Å². The Morgan fingerprint density at radius 3 is 2.50 bits per heavy atom. The quantitative estimate of drug-likeness (QED) is 0.586. The van der Waals surface area contributed by atoms with Crippen LogP contribution in [0.3, 0.4) is 0 Å². The number of nitrogens with zero attached hydrogens (tertiary/aromatic N) is 1. The Bertz CT molecular complexity index is 628. The Morgan fingerprint density at radius 1 is 0.938 bits per heavy atom. The van der Waals surface area contributed by atoms with E-state index in [1.165, 1.54) is 0 Å². The summed E-state index contributed by atoms with van der Waals surface area (Å²) in [5, 5.41) is 0.733. The van der Waals surface area contributed by atoms with Gasteiger partial charge in [-0.05, 0) is 18.2 Å². The molecule has 0 aliphatic heterocycles. The second kappa shape index (κ2) is 3.65. The van der Waals surface area contributed by atoms with Crippen LogP contribution in [0.5, 0.6) is 0 Å².